The van der Waals surface area contributed by atoms with Crippen LogP contribution in [0.1, 0.15) is 29.3 Å². The minimum atomic E-state index is 0.167. The van der Waals surface area contributed by atoms with Crippen molar-refractivity contribution in [2.75, 3.05) is 50.7 Å². The summed E-state index contributed by atoms with van der Waals surface area (Å²) in [5.41, 5.74) is 3.25. The summed E-state index contributed by atoms with van der Waals surface area (Å²) in [7, 11) is 0. The molecule has 5 heteroatoms. The van der Waals surface area contributed by atoms with Crippen molar-refractivity contribution < 1.29 is 4.79 Å². The Hall–Kier alpha value is -2.37. The van der Waals surface area contributed by atoms with Crippen molar-refractivity contribution in [2.24, 2.45) is 0 Å². The molecule has 2 fully saturated rings. The van der Waals surface area contributed by atoms with Crippen LogP contribution in [0.4, 0.5) is 5.69 Å². The van der Waals surface area contributed by atoms with Crippen molar-refractivity contribution in [3.8, 4) is 0 Å². The van der Waals surface area contributed by atoms with E-state index in [0.717, 1.165) is 70.0 Å². The number of piperazine rings is 1. The summed E-state index contributed by atoms with van der Waals surface area (Å²) in [6.45, 7) is 10.0. The lowest BCUT2D eigenvalue weighted by atomic mass is 10.1. The van der Waals surface area contributed by atoms with Crippen LogP contribution in [0.2, 0.25) is 0 Å². The second kappa shape index (κ2) is 9.42. The van der Waals surface area contributed by atoms with Crippen LogP contribution in [0.5, 0.6) is 0 Å². The highest BCUT2D eigenvalue weighted by atomic mass is 16.2. The molecule has 4 rings (SSSR count). The minimum Gasteiger partial charge on any atom is -0.367 e. The first-order valence-corrected chi connectivity index (χ1v) is 10.9. The third-order valence-corrected chi connectivity index (χ3v) is 6.20. The number of rotatable bonds is 6. The zero-order valence-electron chi connectivity index (χ0n) is 17.4. The molecule has 2 aromatic carbocycles. The van der Waals surface area contributed by atoms with Crippen LogP contribution < -0.4 is 10.2 Å². The number of hydrogen-bond acceptors (Lipinski definition) is 4. The maximum absolute atomic E-state index is 13.0. The molecule has 1 amide bonds. The first-order valence-electron chi connectivity index (χ1n) is 10.9. The van der Waals surface area contributed by atoms with Gasteiger partial charge in [0.1, 0.15) is 0 Å². The smallest absolute Gasteiger partial charge is 0.253 e. The molecule has 0 aliphatic carbocycles. The maximum Gasteiger partial charge on any atom is 0.253 e. The molecule has 2 aliphatic heterocycles. The monoisotopic (exact) mass is 392 g/mol. The van der Waals surface area contributed by atoms with Crippen molar-refractivity contribution in [2.45, 2.75) is 25.9 Å². The largest absolute Gasteiger partial charge is 0.367 e. The Morgan fingerprint density at radius 3 is 2.45 bits per heavy atom. The van der Waals surface area contributed by atoms with Crippen LogP contribution in [-0.2, 0) is 6.54 Å². The molecular formula is C24H32N4O. The molecule has 0 bridgehead atoms. The number of likely N-dealkylation sites (tertiary alicyclic amines) is 1. The van der Waals surface area contributed by atoms with Gasteiger partial charge in [-0.1, -0.05) is 30.3 Å². The number of anilines is 1. The molecule has 2 heterocycles. The van der Waals surface area contributed by atoms with Gasteiger partial charge in [-0.2, -0.15) is 0 Å². The van der Waals surface area contributed by atoms with Crippen LogP contribution >= 0.6 is 0 Å². The first kappa shape index (κ1) is 19.9. The van der Waals surface area contributed by atoms with Crippen LogP contribution in [0.15, 0.2) is 54.6 Å². The average Bonchev–Trinajstić information content (AvgIpc) is 3.29. The molecule has 0 saturated carbocycles. The summed E-state index contributed by atoms with van der Waals surface area (Å²) in [4.78, 5) is 19.9. The SMILES string of the molecule is CCN(Cc1ccccc1)c1ccc(C(=O)N2CCC(N3CCNCC3)C2)cc1. The molecule has 1 unspecified atom stereocenters. The van der Waals surface area contributed by atoms with Gasteiger partial charge in [-0.25, -0.2) is 0 Å². The lowest BCUT2D eigenvalue weighted by molar-refractivity contribution is 0.0773. The molecule has 154 valence electrons. The van der Waals surface area contributed by atoms with E-state index in [2.05, 4.69) is 58.4 Å². The summed E-state index contributed by atoms with van der Waals surface area (Å²) in [6.07, 6.45) is 1.09. The number of hydrogen-bond donors (Lipinski definition) is 1. The first-order chi connectivity index (χ1) is 14.2. The molecule has 2 saturated heterocycles. The topological polar surface area (TPSA) is 38.8 Å². The highest BCUT2D eigenvalue weighted by molar-refractivity contribution is 5.94. The van der Waals surface area contributed by atoms with Crippen LogP contribution in [0.25, 0.3) is 0 Å². The molecule has 29 heavy (non-hydrogen) atoms. The van der Waals surface area contributed by atoms with Gasteiger partial charge in [0.05, 0.1) is 0 Å². The van der Waals surface area contributed by atoms with Crippen molar-refractivity contribution in [1.29, 1.82) is 0 Å². The van der Waals surface area contributed by atoms with E-state index in [1.54, 1.807) is 0 Å². The highest BCUT2D eigenvalue weighted by Crippen LogP contribution is 2.22. The van der Waals surface area contributed by atoms with Crippen molar-refractivity contribution in [1.82, 2.24) is 15.1 Å². The Morgan fingerprint density at radius 2 is 1.76 bits per heavy atom. The normalized spacial score (nSPS) is 20.0. The van der Waals surface area contributed by atoms with E-state index in [9.17, 15) is 4.79 Å². The van der Waals surface area contributed by atoms with E-state index >= 15 is 0 Å². The van der Waals surface area contributed by atoms with E-state index in [1.807, 2.05) is 23.1 Å². The molecule has 0 spiro atoms. The quantitative estimate of drug-likeness (QED) is 0.821. The molecule has 1 atom stereocenters. The molecule has 0 radical (unpaired) electrons. The van der Waals surface area contributed by atoms with Gasteiger partial charge in [-0.15, -0.1) is 0 Å². The fourth-order valence-electron chi connectivity index (χ4n) is 4.46. The predicted octanol–water partition coefficient (Wildman–Crippen LogP) is 2.83. The summed E-state index contributed by atoms with van der Waals surface area (Å²) in [6, 6.07) is 19.2. The second-order valence-corrected chi connectivity index (χ2v) is 8.03. The number of carbonyl (C=O) groups excluding carboxylic acids is 1. The lowest BCUT2D eigenvalue weighted by Crippen LogP contribution is -2.49. The minimum absolute atomic E-state index is 0.167. The third-order valence-electron chi connectivity index (χ3n) is 6.20. The number of nitrogens with one attached hydrogen (secondary N) is 1. The van der Waals surface area contributed by atoms with E-state index in [0.29, 0.717) is 6.04 Å². The number of nitrogens with zero attached hydrogens (tertiary/aromatic N) is 3. The Bertz CT molecular complexity index is 786. The van der Waals surface area contributed by atoms with Crippen molar-refractivity contribution >= 4 is 11.6 Å². The summed E-state index contributed by atoms with van der Waals surface area (Å²) in [5.74, 6) is 0.167. The predicted molar refractivity (Wildman–Crippen MR) is 118 cm³/mol. The van der Waals surface area contributed by atoms with Gasteiger partial charge in [-0.05, 0) is 43.2 Å². The van der Waals surface area contributed by atoms with Gasteiger partial charge >= 0.3 is 0 Å². The maximum atomic E-state index is 13.0. The molecule has 0 aromatic heterocycles. The zero-order chi connectivity index (χ0) is 20.1. The van der Waals surface area contributed by atoms with Gasteiger partial charge in [0.2, 0.25) is 0 Å². The van der Waals surface area contributed by atoms with E-state index < -0.39 is 0 Å². The molecular weight excluding hydrogens is 360 g/mol. The summed E-state index contributed by atoms with van der Waals surface area (Å²) < 4.78 is 0. The Morgan fingerprint density at radius 1 is 1.03 bits per heavy atom. The zero-order valence-corrected chi connectivity index (χ0v) is 17.4. The van der Waals surface area contributed by atoms with E-state index in [4.69, 9.17) is 0 Å². The Balaban J connectivity index is 1.37. The molecule has 2 aliphatic rings. The van der Waals surface area contributed by atoms with Gasteiger partial charge in [0, 0.05) is 69.7 Å². The average molecular weight is 393 g/mol. The highest BCUT2D eigenvalue weighted by Gasteiger charge is 2.31. The summed E-state index contributed by atoms with van der Waals surface area (Å²) >= 11 is 0. The van der Waals surface area contributed by atoms with Gasteiger partial charge in [-0.3, -0.25) is 9.69 Å². The van der Waals surface area contributed by atoms with Crippen molar-refractivity contribution in [3.05, 3.63) is 65.7 Å². The number of benzene rings is 2. The molecule has 5 nitrogen and oxygen atoms in total. The third kappa shape index (κ3) is 4.80. The lowest BCUT2D eigenvalue weighted by Gasteiger charge is -2.32. The Labute approximate surface area is 174 Å². The van der Waals surface area contributed by atoms with Crippen LogP contribution in [-0.4, -0.2) is 67.6 Å². The Kier molecular flexibility index (Phi) is 6.47. The second-order valence-electron chi connectivity index (χ2n) is 8.03. The number of carbonyl (C=O) groups is 1. The number of amides is 1. The van der Waals surface area contributed by atoms with Crippen LogP contribution in [0.3, 0.4) is 0 Å². The summed E-state index contributed by atoms with van der Waals surface area (Å²) in [5, 5.41) is 3.41. The van der Waals surface area contributed by atoms with E-state index in [1.165, 1.54) is 5.56 Å². The standard InChI is InChI=1S/C24H32N4O/c1-2-26(18-20-6-4-3-5-7-20)22-10-8-21(9-11-22)24(29)28-15-12-23(19-28)27-16-13-25-14-17-27/h3-11,23,25H,2,12-19H2,1H3. The van der Waals surface area contributed by atoms with Crippen LogP contribution in [0, 0.1) is 0 Å². The fraction of sp³-hybridized carbons (Fsp3) is 0.458. The van der Waals surface area contributed by atoms with E-state index in [-0.39, 0.29) is 5.91 Å². The van der Waals surface area contributed by atoms with Crippen molar-refractivity contribution in [3.63, 3.8) is 0 Å². The fourth-order valence-corrected chi connectivity index (χ4v) is 4.46. The molecule has 2 aromatic rings. The van der Waals surface area contributed by atoms with Gasteiger partial charge in [0.25, 0.3) is 5.91 Å². The molecule has 1 N–H and O–H groups in total. The van der Waals surface area contributed by atoms with Gasteiger partial charge in [0.15, 0.2) is 0 Å². The van der Waals surface area contributed by atoms with Gasteiger partial charge < -0.3 is 15.1 Å².